The van der Waals surface area contributed by atoms with Crippen LogP contribution in [0.4, 0.5) is 5.69 Å². The Morgan fingerprint density at radius 3 is 2.52 bits per heavy atom. The van der Waals surface area contributed by atoms with Crippen molar-refractivity contribution >= 4 is 34.0 Å². The lowest BCUT2D eigenvalue weighted by Gasteiger charge is -2.16. The molecule has 2 aromatic carbocycles. The maximum absolute atomic E-state index is 12.6. The number of hydrogen-bond donors (Lipinski definition) is 1. The zero-order chi connectivity index (χ0) is 16.8. The zero-order valence-electron chi connectivity index (χ0n) is 13.2. The van der Waals surface area contributed by atoms with Gasteiger partial charge in [0.15, 0.2) is 0 Å². The fraction of sp³-hybridized carbons (Fsp3) is 0.278. The molecule has 1 N–H and O–H groups in total. The van der Waals surface area contributed by atoms with E-state index in [0.717, 1.165) is 17.5 Å². The number of hydrogen-bond acceptors (Lipinski definition) is 2. The molecule has 0 saturated carbocycles. The lowest BCUT2D eigenvalue weighted by molar-refractivity contribution is -0.117. The van der Waals surface area contributed by atoms with Crippen LogP contribution in [-0.2, 0) is 21.3 Å². The van der Waals surface area contributed by atoms with Gasteiger partial charge in [-0.25, -0.2) is 0 Å². The van der Waals surface area contributed by atoms with Gasteiger partial charge in [0.05, 0.1) is 5.92 Å². The van der Waals surface area contributed by atoms with Gasteiger partial charge in [0, 0.05) is 33.5 Å². The molecular weight excluding hydrogens is 330 g/mol. The Morgan fingerprint density at radius 2 is 1.91 bits per heavy atom. The Labute approximate surface area is 144 Å². The monoisotopic (exact) mass is 349 g/mol. The van der Waals surface area contributed by atoms with Crippen LogP contribution in [0.2, 0.25) is 5.02 Å². The second kappa shape index (κ2) is 8.27. The van der Waals surface area contributed by atoms with Gasteiger partial charge in [-0.1, -0.05) is 48.9 Å². The summed E-state index contributed by atoms with van der Waals surface area (Å²) in [5.41, 5.74) is 2.45. The van der Waals surface area contributed by atoms with E-state index in [1.54, 1.807) is 24.5 Å². The number of halogens is 1. The van der Waals surface area contributed by atoms with E-state index in [4.69, 9.17) is 11.6 Å². The molecule has 2 atom stereocenters. The molecule has 1 amide bonds. The zero-order valence-corrected chi connectivity index (χ0v) is 14.8. The topological polar surface area (TPSA) is 46.2 Å². The highest BCUT2D eigenvalue weighted by Gasteiger charge is 2.18. The second-order valence-electron chi connectivity index (χ2n) is 5.38. The number of anilines is 1. The molecule has 3 nitrogen and oxygen atoms in total. The molecule has 2 aromatic rings. The lowest BCUT2D eigenvalue weighted by atomic mass is 9.95. The van der Waals surface area contributed by atoms with E-state index in [9.17, 15) is 9.00 Å². The molecule has 5 heteroatoms. The van der Waals surface area contributed by atoms with E-state index in [1.807, 2.05) is 37.3 Å². The number of carbonyl (C=O) groups is 1. The Kier molecular flexibility index (Phi) is 6.37. The molecule has 0 aliphatic carbocycles. The van der Waals surface area contributed by atoms with Crippen molar-refractivity contribution in [2.75, 3.05) is 11.6 Å². The van der Waals surface area contributed by atoms with Gasteiger partial charge in [-0.05, 0) is 35.7 Å². The predicted molar refractivity (Wildman–Crippen MR) is 97.3 cm³/mol. The summed E-state index contributed by atoms with van der Waals surface area (Å²) in [6.45, 7) is 1.99. The van der Waals surface area contributed by atoms with Gasteiger partial charge in [-0.15, -0.1) is 0 Å². The molecule has 0 aromatic heterocycles. The van der Waals surface area contributed by atoms with E-state index in [2.05, 4.69) is 5.32 Å². The average molecular weight is 350 g/mol. The van der Waals surface area contributed by atoms with E-state index >= 15 is 0 Å². The maximum atomic E-state index is 12.6. The van der Waals surface area contributed by atoms with E-state index in [1.165, 1.54) is 0 Å². The molecular formula is C18H20ClNO2S. The molecule has 0 unspecified atom stereocenters. The van der Waals surface area contributed by atoms with Gasteiger partial charge in [0.2, 0.25) is 5.91 Å². The summed E-state index contributed by atoms with van der Waals surface area (Å²) in [5, 5.41) is 3.50. The van der Waals surface area contributed by atoms with Gasteiger partial charge in [-0.2, -0.15) is 0 Å². The average Bonchev–Trinajstić information content (AvgIpc) is 2.52. The fourth-order valence-corrected chi connectivity index (χ4v) is 3.41. The van der Waals surface area contributed by atoms with Crippen LogP contribution in [0.1, 0.15) is 30.4 Å². The largest absolute Gasteiger partial charge is 0.326 e. The Bertz CT molecular complexity index is 703. The molecule has 0 fully saturated rings. The van der Waals surface area contributed by atoms with Crippen molar-refractivity contribution in [3.63, 3.8) is 0 Å². The summed E-state index contributed by atoms with van der Waals surface area (Å²) in [4.78, 5) is 12.6. The number of amides is 1. The highest BCUT2D eigenvalue weighted by atomic mass is 35.5. The quantitative estimate of drug-likeness (QED) is 0.842. The fourth-order valence-electron chi connectivity index (χ4n) is 2.47. The summed E-state index contributed by atoms with van der Waals surface area (Å²) in [7, 11) is -0.985. The van der Waals surface area contributed by atoms with Crippen LogP contribution in [0.25, 0.3) is 0 Å². The van der Waals surface area contributed by atoms with Crippen LogP contribution in [0.5, 0.6) is 0 Å². The molecule has 2 rings (SSSR count). The summed E-state index contributed by atoms with van der Waals surface area (Å²) >= 11 is 6.12. The van der Waals surface area contributed by atoms with Crippen molar-refractivity contribution in [3.05, 3.63) is 64.7 Å². The van der Waals surface area contributed by atoms with E-state index < -0.39 is 10.8 Å². The Morgan fingerprint density at radius 1 is 1.22 bits per heavy atom. The SMILES string of the molecule is CC[C@@H](C(=O)Nc1ccc(Cl)c(C[S@](C)=O)c1)c1ccccc1. The normalized spacial score (nSPS) is 13.3. The summed E-state index contributed by atoms with van der Waals surface area (Å²) in [5.74, 6) is 0.124. The molecule has 0 spiro atoms. The number of carbonyl (C=O) groups excluding carboxylic acids is 1. The van der Waals surface area contributed by atoms with Crippen LogP contribution in [0.3, 0.4) is 0 Å². The third-order valence-corrected chi connectivity index (χ3v) is 4.68. The smallest absolute Gasteiger partial charge is 0.231 e. The third kappa shape index (κ3) is 4.91. The van der Waals surface area contributed by atoms with Gasteiger partial charge in [0.1, 0.15) is 0 Å². The molecule has 0 aliphatic heterocycles. The minimum absolute atomic E-state index is 0.0513. The number of nitrogens with one attached hydrogen (secondary N) is 1. The van der Waals surface area contributed by atoms with E-state index in [-0.39, 0.29) is 11.8 Å². The minimum atomic E-state index is -0.985. The van der Waals surface area contributed by atoms with Crippen LogP contribution < -0.4 is 5.32 Å². The van der Waals surface area contributed by atoms with Gasteiger partial charge in [-0.3, -0.25) is 9.00 Å². The Balaban J connectivity index is 2.17. The number of benzene rings is 2. The first-order chi connectivity index (χ1) is 11.0. The van der Waals surface area contributed by atoms with Crippen LogP contribution in [0, 0.1) is 0 Å². The van der Waals surface area contributed by atoms with Gasteiger partial charge < -0.3 is 5.32 Å². The number of rotatable bonds is 6. The van der Waals surface area contributed by atoms with E-state index in [0.29, 0.717) is 16.5 Å². The molecule has 0 heterocycles. The molecule has 122 valence electrons. The summed E-state index contributed by atoms with van der Waals surface area (Å²) in [6.07, 6.45) is 2.35. The van der Waals surface area contributed by atoms with Crippen molar-refractivity contribution in [2.45, 2.75) is 25.0 Å². The van der Waals surface area contributed by atoms with Crippen molar-refractivity contribution < 1.29 is 9.00 Å². The second-order valence-corrected chi connectivity index (χ2v) is 7.23. The molecule has 0 saturated heterocycles. The highest BCUT2D eigenvalue weighted by molar-refractivity contribution is 7.83. The van der Waals surface area contributed by atoms with Crippen molar-refractivity contribution in [1.29, 1.82) is 0 Å². The standard InChI is InChI=1S/C18H20ClNO2S/c1-3-16(13-7-5-4-6-8-13)18(21)20-15-9-10-17(19)14(11-15)12-23(2)22/h4-11,16H,3,12H2,1-2H3,(H,20,21)/t16-,23+/m1/s1. The van der Waals surface area contributed by atoms with Crippen LogP contribution in [0.15, 0.2) is 48.5 Å². The molecule has 0 bridgehead atoms. The first-order valence-corrected chi connectivity index (χ1v) is 9.56. The van der Waals surface area contributed by atoms with Crippen molar-refractivity contribution in [1.82, 2.24) is 0 Å². The summed E-state index contributed by atoms with van der Waals surface area (Å²) in [6, 6.07) is 15.0. The maximum Gasteiger partial charge on any atom is 0.231 e. The molecule has 0 aliphatic rings. The third-order valence-electron chi connectivity index (χ3n) is 3.60. The molecule has 0 radical (unpaired) electrons. The highest BCUT2D eigenvalue weighted by Crippen LogP contribution is 2.25. The van der Waals surface area contributed by atoms with Crippen molar-refractivity contribution in [2.24, 2.45) is 0 Å². The first-order valence-electron chi connectivity index (χ1n) is 7.45. The Hall–Kier alpha value is -1.65. The van der Waals surface area contributed by atoms with Gasteiger partial charge >= 0.3 is 0 Å². The van der Waals surface area contributed by atoms with Crippen molar-refractivity contribution in [3.8, 4) is 0 Å². The molecule has 23 heavy (non-hydrogen) atoms. The van der Waals surface area contributed by atoms with Crippen LogP contribution >= 0.6 is 11.6 Å². The summed E-state index contributed by atoms with van der Waals surface area (Å²) < 4.78 is 11.4. The first kappa shape index (κ1) is 17.7. The lowest BCUT2D eigenvalue weighted by Crippen LogP contribution is -2.20. The predicted octanol–water partition coefficient (Wildman–Crippen LogP) is 4.35. The minimum Gasteiger partial charge on any atom is -0.326 e. The van der Waals surface area contributed by atoms with Crippen LogP contribution in [-0.4, -0.2) is 16.4 Å². The van der Waals surface area contributed by atoms with Gasteiger partial charge in [0.25, 0.3) is 0 Å².